The molecule has 6 heteroatoms. The first-order valence-corrected chi connectivity index (χ1v) is 9.05. The van der Waals surface area contributed by atoms with Gasteiger partial charge in [-0.3, -0.25) is 4.98 Å². The number of hydrogen-bond donors (Lipinski definition) is 2. The Kier molecular flexibility index (Phi) is 4.88. The van der Waals surface area contributed by atoms with Gasteiger partial charge in [0.05, 0.1) is 5.69 Å². The van der Waals surface area contributed by atoms with Crippen molar-refractivity contribution in [2.75, 3.05) is 11.9 Å². The maximum absolute atomic E-state index is 12.7. The van der Waals surface area contributed by atoms with Crippen molar-refractivity contribution in [3.8, 4) is 0 Å². The predicted octanol–water partition coefficient (Wildman–Crippen LogP) is 2.76. The molecule has 1 saturated carbocycles. The lowest BCUT2D eigenvalue weighted by Crippen LogP contribution is -2.46. The fourth-order valence-corrected chi connectivity index (χ4v) is 4.46. The zero-order valence-corrected chi connectivity index (χ0v) is 13.8. The Morgan fingerprint density at radius 1 is 1.38 bits per heavy atom. The van der Waals surface area contributed by atoms with Gasteiger partial charge in [-0.25, -0.2) is 13.1 Å². The Balaban J connectivity index is 2.26. The molecule has 0 saturated heterocycles. The molecule has 1 heterocycles. The molecule has 2 rings (SSSR count). The predicted molar refractivity (Wildman–Crippen MR) is 84.8 cm³/mol. The second-order valence-electron chi connectivity index (χ2n) is 6.31. The number of pyridine rings is 1. The van der Waals surface area contributed by atoms with Crippen molar-refractivity contribution in [1.82, 2.24) is 9.71 Å². The van der Waals surface area contributed by atoms with Crippen LogP contribution in [0.25, 0.3) is 0 Å². The lowest BCUT2D eigenvalue weighted by Gasteiger charge is -2.38. The van der Waals surface area contributed by atoms with Crippen LogP contribution in [0.1, 0.15) is 46.5 Å². The van der Waals surface area contributed by atoms with E-state index in [2.05, 4.69) is 28.9 Å². The molecule has 21 heavy (non-hydrogen) atoms. The molecule has 5 nitrogen and oxygen atoms in total. The lowest BCUT2D eigenvalue weighted by molar-refractivity contribution is 0.188. The van der Waals surface area contributed by atoms with Crippen LogP contribution >= 0.6 is 0 Å². The summed E-state index contributed by atoms with van der Waals surface area (Å²) in [5.74, 6) is 0. The van der Waals surface area contributed by atoms with Gasteiger partial charge in [-0.05, 0) is 31.2 Å². The topological polar surface area (TPSA) is 71.1 Å². The Morgan fingerprint density at radius 2 is 2.14 bits per heavy atom. The van der Waals surface area contributed by atoms with E-state index in [0.717, 1.165) is 19.3 Å². The van der Waals surface area contributed by atoms with Crippen LogP contribution in [0.3, 0.4) is 0 Å². The molecule has 2 N–H and O–H groups in total. The molecule has 0 radical (unpaired) electrons. The van der Waals surface area contributed by atoms with Crippen molar-refractivity contribution < 1.29 is 8.42 Å². The van der Waals surface area contributed by atoms with Gasteiger partial charge >= 0.3 is 0 Å². The van der Waals surface area contributed by atoms with Crippen molar-refractivity contribution in [3.63, 3.8) is 0 Å². The van der Waals surface area contributed by atoms with Crippen LogP contribution in [0.2, 0.25) is 0 Å². The molecule has 0 spiro atoms. The van der Waals surface area contributed by atoms with Gasteiger partial charge in [0.25, 0.3) is 0 Å². The second-order valence-corrected chi connectivity index (χ2v) is 7.99. The van der Waals surface area contributed by atoms with E-state index >= 15 is 0 Å². The normalized spacial score (nSPS) is 22.0. The van der Waals surface area contributed by atoms with Gasteiger partial charge < -0.3 is 5.32 Å². The molecule has 1 unspecified atom stereocenters. The highest BCUT2D eigenvalue weighted by Gasteiger charge is 2.35. The molecule has 1 fully saturated rings. The van der Waals surface area contributed by atoms with Crippen LogP contribution in [-0.4, -0.2) is 26.0 Å². The van der Waals surface area contributed by atoms with Gasteiger partial charge in [0.2, 0.25) is 10.0 Å². The highest BCUT2D eigenvalue weighted by Crippen LogP contribution is 2.36. The Hall–Kier alpha value is -1.14. The first kappa shape index (κ1) is 16.2. The van der Waals surface area contributed by atoms with Gasteiger partial charge in [-0.1, -0.05) is 26.7 Å². The maximum atomic E-state index is 12.7. The molecule has 118 valence electrons. The number of aromatic nitrogens is 1. The molecule has 0 aliphatic heterocycles. The average Bonchev–Trinajstić information content (AvgIpc) is 2.42. The van der Waals surface area contributed by atoms with Gasteiger partial charge in [-0.15, -0.1) is 0 Å². The molecular weight excluding hydrogens is 286 g/mol. The summed E-state index contributed by atoms with van der Waals surface area (Å²) >= 11 is 0. The van der Waals surface area contributed by atoms with Crippen molar-refractivity contribution >= 4 is 15.7 Å². The van der Waals surface area contributed by atoms with E-state index < -0.39 is 10.0 Å². The van der Waals surface area contributed by atoms with E-state index in [4.69, 9.17) is 0 Å². The minimum Gasteiger partial charge on any atom is -0.384 e. The fraction of sp³-hybridized carbons (Fsp3) is 0.667. The molecule has 0 bridgehead atoms. The minimum absolute atomic E-state index is 0.00806. The maximum Gasteiger partial charge on any atom is 0.244 e. The van der Waals surface area contributed by atoms with Crippen molar-refractivity contribution in [2.45, 2.75) is 57.4 Å². The lowest BCUT2D eigenvalue weighted by atomic mass is 9.74. The molecule has 1 atom stereocenters. The van der Waals surface area contributed by atoms with Crippen LogP contribution in [0.15, 0.2) is 23.4 Å². The van der Waals surface area contributed by atoms with E-state index in [-0.39, 0.29) is 16.4 Å². The summed E-state index contributed by atoms with van der Waals surface area (Å²) in [5.41, 5.74) is 0.597. The first-order valence-electron chi connectivity index (χ1n) is 7.57. The zero-order chi connectivity index (χ0) is 15.5. The van der Waals surface area contributed by atoms with Crippen molar-refractivity contribution in [3.05, 3.63) is 18.5 Å². The molecular formula is C15H25N3O2S. The Bertz CT molecular complexity index is 584. The molecule has 0 aromatic carbocycles. The third kappa shape index (κ3) is 3.74. The van der Waals surface area contributed by atoms with Crippen LogP contribution < -0.4 is 10.0 Å². The van der Waals surface area contributed by atoms with Crippen LogP contribution in [0.5, 0.6) is 0 Å². The van der Waals surface area contributed by atoms with Gasteiger partial charge in [-0.2, -0.15) is 0 Å². The van der Waals surface area contributed by atoms with Crippen molar-refractivity contribution in [2.24, 2.45) is 5.41 Å². The fourth-order valence-electron chi connectivity index (χ4n) is 2.89. The Labute approximate surface area is 127 Å². The van der Waals surface area contributed by atoms with Crippen molar-refractivity contribution in [1.29, 1.82) is 0 Å². The van der Waals surface area contributed by atoms with Gasteiger partial charge in [0.1, 0.15) is 4.90 Å². The number of sulfonamides is 1. The number of hydrogen-bond acceptors (Lipinski definition) is 4. The zero-order valence-electron chi connectivity index (χ0n) is 13.0. The summed E-state index contributed by atoms with van der Waals surface area (Å²) in [6.07, 6.45) is 7.19. The molecule has 0 amide bonds. The second kappa shape index (κ2) is 6.32. The van der Waals surface area contributed by atoms with Crippen LogP contribution in [0, 0.1) is 5.41 Å². The third-order valence-corrected chi connectivity index (χ3v) is 5.75. The monoisotopic (exact) mass is 311 g/mol. The number of rotatable bonds is 5. The molecule has 1 aromatic heterocycles. The average molecular weight is 311 g/mol. The van der Waals surface area contributed by atoms with Crippen LogP contribution in [0.4, 0.5) is 5.69 Å². The summed E-state index contributed by atoms with van der Waals surface area (Å²) in [5, 5.41) is 3.08. The summed E-state index contributed by atoms with van der Waals surface area (Å²) < 4.78 is 28.3. The molecule has 1 aliphatic carbocycles. The first-order chi connectivity index (χ1) is 9.87. The SMILES string of the molecule is CCNc1ccncc1S(=O)(=O)NC1CCCCC1(C)C. The van der Waals surface area contributed by atoms with Crippen LogP contribution in [-0.2, 0) is 10.0 Å². The number of anilines is 1. The highest BCUT2D eigenvalue weighted by atomic mass is 32.2. The summed E-state index contributed by atoms with van der Waals surface area (Å²) in [7, 11) is -3.56. The van der Waals surface area contributed by atoms with E-state index in [1.165, 1.54) is 12.6 Å². The Morgan fingerprint density at radius 3 is 2.81 bits per heavy atom. The smallest absolute Gasteiger partial charge is 0.244 e. The van der Waals surface area contributed by atoms with E-state index in [9.17, 15) is 8.42 Å². The summed E-state index contributed by atoms with van der Waals surface area (Å²) in [6.45, 7) is 6.87. The molecule has 1 aliphatic rings. The van der Waals surface area contributed by atoms with Gasteiger partial charge in [0.15, 0.2) is 0 Å². The largest absolute Gasteiger partial charge is 0.384 e. The van der Waals surface area contributed by atoms with E-state index in [1.54, 1.807) is 12.3 Å². The molecule has 1 aromatic rings. The minimum atomic E-state index is -3.56. The highest BCUT2D eigenvalue weighted by molar-refractivity contribution is 7.89. The quantitative estimate of drug-likeness (QED) is 0.877. The van der Waals surface area contributed by atoms with E-state index in [1.807, 2.05) is 6.92 Å². The third-order valence-electron chi connectivity index (χ3n) is 4.25. The summed E-state index contributed by atoms with van der Waals surface area (Å²) in [6, 6.07) is 1.68. The number of nitrogens with zero attached hydrogens (tertiary/aromatic N) is 1. The van der Waals surface area contributed by atoms with E-state index in [0.29, 0.717) is 12.2 Å². The standard InChI is InChI=1S/C15H25N3O2S/c1-4-17-12-8-10-16-11-13(12)21(19,20)18-14-7-5-6-9-15(14,2)3/h8,10-11,14,18H,4-7,9H2,1-3H3,(H,16,17). The summed E-state index contributed by atoms with van der Waals surface area (Å²) in [4.78, 5) is 4.19. The van der Waals surface area contributed by atoms with Gasteiger partial charge in [0, 0.05) is 25.0 Å². The number of nitrogens with one attached hydrogen (secondary N) is 2.